The zero-order valence-electron chi connectivity index (χ0n) is 17.4. The van der Waals surface area contributed by atoms with Gasteiger partial charge in [0.2, 0.25) is 0 Å². The molecular weight excluding hydrogens is 429 g/mol. The van der Waals surface area contributed by atoms with E-state index in [9.17, 15) is 33.0 Å². The highest BCUT2D eigenvalue weighted by atomic mass is 19.4. The fourth-order valence-electron chi connectivity index (χ4n) is 3.52. The molecule has 1 aliphatic carbocycles. The lowest BCUT2D eigenvalue weighted by Gasteiger charge is -2.17. The topological polar surface area (TPSA) is 104 Å². The van der Waals surface area contributed by atoms with E-state index in [1.165, 1.54) is 24.3 Å². The van der Waals surface area contributed by atoms with Gasteiger partial charge in [-0.25, -0.2) is 0 Å². The van der Waals surface area contributed by atoms with Gasteiger partial charge in [-0.1, -0.05) is 30.4 Å². The standard InChI is InChI=1S/C23H27F3O6/c24-23(25,26)15-6-5-7-17(12-15)32-14-16(27)10-11-19-18(20(28)13-21(19)29)8-3-1-2-4-9-22(30)31/h1,3,5-7,10-12,16,18-20,27-28H,2,4,8-9,13-14H2,(H,30,31)/b3-1-,11-10+/t16-,18+,19+,20-/m0/s1. The first-order valence-corrected chi connectivity index (χ1v) is 10.3. The summed E-state index contributed by atoms with van der Waals surface area (Å²) in [6.07, 6.45) is 1.58. The van der Waals surface area contributed by atoms with E-state index in [4.69, 9.17) is 9.84 Å². The van der Waals surface area contributed by atoms with Crippen molar-refractivity contribution in [3.63, 3.8) is 0 Å². The van der Waals surface area contributed by atoms with E-state index >= 15 is 0 Å². The van der Waals surface area contributed by atoms with Crippen LogP contribution in [-0.2, 0) is 15.8 Å². The van der Waals surface area contributed by atoms with Crippen molar-refractivity contribution in [1.82, 2.24) is 0 Å². The van der Waals surface area contributed by atoms with Gasteiger partial charge in [0.05, 0.1) is 11.7 Å². The molecule has 0 saturated heterocycles. The van der Waals surface area contributed by atoms with Crippen molar-refractivity contribution in [2.45, 2.75) is 50.5 Å². The van der Waals surface area contributed by atoms with E-state index < -0.39 is 35.8 Å². The monoisotopic (exact) mass is 456 g/mol. The number of Topliss-reactive ketones (excluding diaryl/α,β-unsaturated/α-hetero) is 1. The molecule has 1 aliphatic rings. The highest BCUT2D eigenvalue weighted by Gasteiger charge is 2.39. The molecule has 6 nitrogen and oxygen atoms in total. The molecule has 0 unspecified atom stereocenters. The predicted octanol–water partition coefficient (Wildman–Crippen LogP) is 3.77. The lowest BCUT2D eigenvalue weighted by Crippen LogP contribution is -2.20. The van der Waals surface area contributed by atoms with E-state index in [1.54, 1.807) is 0 Å². The normalized spacial score (nSPS) is 22.7. The maximum absolute atomic E-state index is 12.7. The van der Waals surface area contributed by atoms with Gasteiger partial charge in [-0.3, -0.25) is 9.59 Å². The minimum absolute atomic E-state index is 0.00333. The van der Waals surface area contributed by atoms with E-state index in [0.29, 0.717) is 19.3 Å². The second-order valence-corrected chi connectivity index (χ2v) is 7.71. The average Bonchev–Trinajstić information content (AvgIpc) is 2.99. The fraction of sp³-hybridized carbons (Fsp3) is 0.478. The van der Waals surface area contributed by atoms with Crippen LogP contribution >= 0.6 is 0 Å². The van der Waals surface area contributed by atoms with Gasteiger partial charge in [-0.2, -0.15) is 13.2 Å². The zero-order valence-corrected chi connectivity index (χ0v) is 17.4. The lowest BCUT2D eigenvalue weighted by molar-refractivity contribution is -0.138. The molecule has 0 aliphatic heterocycles. The summed E-state index contributed by atoms with van der Waals surface area (Å²) in [4.78, 5) is 22.7. The van der Waals surface area contributed by atoms with Crippen molar-refractivity contribution in [3.8, 4) is 5.75 Å². The third-order valence-electron chi connectivity index (χ3n) is 5.20. The van der Waals surface area contributed by atoms with Crippen LogP contribution in [0.3, 0.4) is 0 Å². The second kappa shape index (κ2) is 11.8. The first kappa shape index (κ1) is 25.6. The number of aliphatic hydroxyl groups excluding tert-OH is 2. The van der Waals surface area contributed by atoms with E-state index in [2.05, 4.69) is 0 Å². The Morgan fingerprint density at radius 1 is 1.28 bits per heavy atom. The Morgan fingerprint density at radius 2 is 2.03 bits per heavy atom. The van der Waals surface area contributed by atoms with Crippen LogP contribution in [0.2, 0.25) is 0 Å². The van der Waals surface area contributed by atoms with Gasteiger partial charge < -0.3 is 20.1 Å². The summed E-state index contributed by atoms with van der Waals surface area (Å²) in [7, 11) is 0. The van der Waals surface area contributed by atoms with Crippen LogP contribution in [-0.4, -0.2) is 45.9 Å². The first-order valence-electron chi connectivity index (χ1n) is 10.3. The fourth-order valence-corrected chi connectivity index (χ4v) is 3.52. The van der Waals surface area contributed by atoms with Crippen molar-refractivity contribution >= 4 is 11.8 Å². The second-order valence-electron chi connectivity index (χ2n) is 7.71. The molecular formula is C23H27F3O6. The highest BCUT2D eigenvalue weighted by molar-refractivity contribution is 5.86. The molecule has 3 N–H and O–H groups in total. The van der Waals surface area contributed by atoms with Crippen LogP contribution in [0.25, 0.3) is 0 Å². The van der Waals surface area contributed by atoms with Crippen molar-refractivity contribution in [1.29, 1.82) is 0 Å². The Labute approximate surface area is 184 Å². The van der Waals surface area contributed by atoms with Crippen LogP contribution in [0.15, 0.2) is 48.6 Å². The number of benzene rings is 1. The van der Waals surface area contributed by atoms with Crippen molar-refractivity contribution in [3.05, 3.63) is 54.1 Å². The summed E-state index contributed by atoms with van der Waals surface area (Å²) in [6, 6.07) is 4.31. The van der Waals surface area contributed by atoms with E-state index in [0.717, 1.165) is 12.1 Å². The van der Waals surface area contributed by atoms with Gasteiger partial charge in [0.25, 0.3) is 0 Å². The number of carboxylic acids is 1. The number of halogens is 3. The van der Waals surface area contributed by atoms with Gasteiger partial charge in [-0.05, 0) is 37.5 Å². The third-order valence-corrected chi connectivity index (χ3v) is 5.20. The van der Waals surface area contributed by atoms with Gasteiger partial charge in [0.1, 0.15) is 24.2 Å². The summed E-state index contributed by atoms with van der Waals surface area (Å²) < 4.78 is 43.5. The number of hydrogen-bond donors (Lipinski definition) is 3. The summed E-state index contributed by atoms with van der Waals surface area (Å²) in [6.45, 7) is -0.296. The number of unbranched alkanes of at least 4 members (excludes halogenated alkanes) is 1. The van der Waals surface area contributed by atoms with Gasteiger partial charge >= 0.3 is 12.1 Å². The van der Waals surface area contributed by atoms with Crippen molar-refractivity contribution in [2.24, 2.45) is 11.8 Å². The molecule has 4 atom stereocenters. The van der Waals surface area contributed by atoms with Gasteiger partial charge in [0.15, 0.2) is 0 Å². The predicted molar refractivity (Wildman–Crippen MR) is 110 cm³/mol. The number of aliphatic carboxylic acids is 1. The number of carbonyl (C=O) groups is 2. The Morgan fingerprint density at radius 3 is 2.72 bits per heavy atom. The molecule has 0 bridgehead atoms. The van der Waals surface area contributed by atoms with E-state index in [-0.39, 0.29) is 36.9 Å². The minimum atomic E-state index is -4.50. The minimum Gasteiger partial charge on any atom is -0.491 e. The van der Waals surface area contributed by atoms with Gasteiger partial charge in [-0.15, -0.1) is 0 Å². The van der Waals surface area contributed by atoms with E-state index in [1.807, 2.05) is 12.2 Å². The molecule has 32 heavy (non-hydrogen) atoms. The average molecular weight is 456 g/mol. The summed E-state index contributed by atoms with van der Waals surface area (Å²) in [5.41, 5.74) is -0.857. The molecule has 2 rings (SSSR count). The molecule has 0 aromatic heterocycles. The molecule has 1 aromatic carbocycles. The summed E-state index contributed by atoms with van der Waals surface area (Å²) in [5, 5.41) is 28.9. The molecule has 0 amide bonds. The van der Waals surface area contributed by atoms with Crippen LogP contribution in [0.4, 0.5) is 13.2 Å². The lowest BCUT2D eigenvalue weighted by atomic mass is 9.90. The SMILES string of the molecule is O=C(O)CCC/C=C\C[C@H]1[C@@H](O)CC(=O)[C@@H]1/C=C/[C@H](O)COc1cccc(C(F)(F)F)c1. The molecule has 176 valence electrons. The smallest absolute Gasteiger partial charge is 0.416 e. The number of hydrogen-bond acceptors (Lipinski definition) is 5. The van der Waals surface area contributed by atoms with Crippen LogP contribution in [0.5, 0.6) is 5.75 Å². The molecule has 0 heterocycles. The number of rotatable bonds is 11. The van der Waals surface area contributed by atoms with Crippen molar-refractivity contribution in [2.75, 3.05) is 6.61 Å². The first-order chi connectivity index (χ1) is 15.1. The van der Waals surface area contributed by atoms with Gasteiger partial charge in [0, 0.05) is 24.7 Å². The summed E-state index contributed by atoms with van der Waals surface area (Å²) >= 11 is 0. The quantitative estimate of drug-likeness (QED) is 0.346. The number of carbonyl (C=O) groups excluding carboxylic acids is 1. The van der Waals surface area contributed by atoms with Crippen LogP contribution in [0, 0.1) is 11.8 Å². The Balaban J connectivity index is 1.88. The third kappa shape index (κ3) is 8.12. The number of ketones is 1. The van der Waals surface area contributed by atoms with Crippen LogP contribution < -0.4 is 4.74 Å². The zero-order chi connectivity index (χ0) is 23.7. The molecule has 1 saturated carbocycles. The number of aliphatic hydroxyl groups is 2. The maximum Gasteiger partial charge on any atom is 0.416 e. The Kier molecular flexibility index (Phi) is 9.46. The largest absolute Gasteiger partial charge is 0.491 e. The highest BCUT2D eigenvalue weighted by Crippen LogP contribution is 2.34. The molecule has 9 heteroatoms. The van der Waals surface area contributed by atoms with Crippen molar-refractivity contribution < 1.29 is 42.8 Å². The van der Waals surface area contributed by atoms with Crippen LogP contribution in [0.1, 0.15) is 37.7 Å². The Bertz CT molecular complexity index is 833. The maximum atomic E-state index is 12.7. The summed E-state index contributed by atoms with van der Waals surface area (Å²) in [5.74, 6) is -2.03. The molecule has 0 spiro atoms. The molecule has 1 fully saturated rings. The number of allylic oxidation sites excluding steroid dienone is 3. The molecule has 1 aromatic rings. The Hall–Kier alpha value is -2.65. The number of carboxylic acid groups (broad SMARTS) is 1. The number of alkyl halides is 3. The molecule has 0 radical (unpaired) electrons. The number of ether oxygens (including phenoxy) is 1.